The Kier molecular flexibility index (Phi) is 3.56. The zero-order valence-corrected chi connectivity index (χ0v) is 11.3. The molecule has 1 heterocycles. The van der Waals surface area contributed by atoms with Gasteiger partial charge in [0.2, 0.25) is 5.91 Å². The molecule has 1 saturated carbocycles. The summed E-state index contributed by atoms with van der Waals surface area (Å²) in [7, 11) is 0. The molecule has 3 heteroatoms. The van der Waals surface area contributed by atoms with Crippen LogP contribution in [0.3, 0.4) is 0 Å². The van der Waals surface area contributed by atoms with Crippen LogP contribution in [0.25, 0.3) is 0 Å². The van der Waals surface area contributed by atoms with E-state index in [9.17, 15) is 4.79 Å². The molecule has 3 rings (SSSR count). The first kappa shape index (κ1) is 12.7. The smallest absolute Gasteiger partial charge is 0.230 e. The fraction of sp³-hybridized carbons (Fsp3) is 0.562. The van der Waals surface area contributed by atoms with E-state index in [4.69, 9.17) is 0 Å². The highest BCUT2D eigenvalue weighted by Gasteiger charge is 2.50. The van der Waals surface area contributed by atoms with Gasteiger partial charge in [0, 0.05) is 12.6 Å². The molecule has 0 bridgehead atoms. The van der Waals surface area contributed by atoms with Gasteiger partial charge in [-0.05, 0) is 44.2 Å². The molecule has 1 aliphatic carbocycles. The van der Waals surface area contributed by atoms with Gasteiger partial charge in [0.25, 0.3) is 0 Å². The Balaban J connectivity index is 1.52. The first-order chi connectivity index (χ1) is 9.31. The van der Waals surface area contributed by atoms with Gasteiger partial charge < -0.3 is 10.6 Å². The lowest BCUT2D eigenvalue weighted by Gasteiger charge is -2.17. The second kappa shape index (κ2) is 5.33. The van der Waals surface area contributed by atoms with Crippen LogP contribution in [0.2, 0.25) is 0 Å². The largest absolute Gasteiger partial charge is 0.355 e. The van der Waals surface area contributed by atoms with Gasteiger partial charge in [-0.15, -0.1) is 0 Å². The van der Waals surface area contributed by atoms with Crippen molar-refractivity contribution in [3.05, 3.63) is 35.9 Å². The fourth-order valence-corrected chi connectivity index (χ4v) is 3.06. The molecule has 102 valence electrons. The number of nitrogens with one attached hydrogen (secondary N) is 2. The molecule has 19 heavy (non-hydrogen) atoms. The molecule has 1 amide bonds. The minimum atomic E-state index is -0.218. The summed E-state index contributed by atoms with van der Waals surface area (Å²) in [6.45, 7) is 1.93. The summed E-state index contributed by atoms with van der Waals surface area (Å²) in [6.07, 6.45) is 5.55. The number of benzene rings is 1. The van der Waals surface area contributed by atoms with Gasteiger partial charge in [0.05, 0.1) is 5.41 Å². The first-order valence-electron chi connectivity index (χ1n) is 7.38. The molecule has 0 aromatic heterocycles. The number of carbonyl (C=O) groups is 1. The van der Waals surface area contributed by atoms with Crippen molar-refractivity contribution in [3.8, 4) is 0 Å². The van der Waals surface area contributed by atoms with Crippen LogP contribution in [-0.4, -0.2) is 25.0 Å². The molecule has 1 saturated heterocycles. The number of carbonyl (C=O) groups excluding carboxylic acids is 1. The van der Waals surface area contributed by atoms with E-state index in [1.54, 1.807) is 0 Å². The van der Waals surface area contributed by atoms with Crippen molar-refractivity contribution in [2.75, 3.05) is 13.1 Å². The SMILES string of the molecule is O=C(NCC[C@@H]1CCCN1)C1(c2ccccc2)CC1. The Morgan fingerprint density at radius 1 is 1.32 bits per heavy atom. The van der Waals surface area contributed by atoms with E-state index in [2.05, 4.69) is 22.8 Å². The van der Waals surface area contributed by atoms with Crippen LogP contribution in [-0.2, 0) is 10.2 Å². The Bertz CT molecular complexity index is 433. The van der Waals surface area contributed by atoms with E-state index in [0.717, 1.165) is 32.4 Å². The second-order valence-corrected chi connectivity index (χ2v) is 5.79. The van der Waals surface area contributed by atoms with E-state index in [1.165, 1.54) is 18.4 Å². The molecule has 0 unspecified atom stereocenters. The molecule has 2 fully saturated rings. The summed E-state index contributed by atoms with van der Waals surface area (Å²) in [5, 5.41) is 6.60. The molecular weight excluding hydrogens is 236 g/mol. The van der Waals surface area contributed by atoms with E-state index >= 15 is 0 Å². The van der Waals surface area contributed by atoms with Crippen molar-refractivity contribution >= 4 is 5.91 Å². The van der Waals surface area contributed by atoms with Crippen LogP contribution < -0.4 is 10.6 Å². The summed E-state index contributed by atoms with van der Waals surface area (Å²) < 4.78 is 0. The quantitative estimate of drug-likeness (QED) is 0.848. The molecule has 2 N–H and O–H groups in total. The first-order valence-corrected chi connectivity index (χ1v) is 7.38. The lowest BCUT2D eigenvalue weighted by molar-refractivity contribution is -0.123. The number of amides is 1. The van der Waals surface area contributed by atoms with Gasteiger partial charge in [-0.2, -0.15) is 0 Å². The zero-order valence-electron chi connectivity index (χ0n) is 11.3. The molecule has 1 aromatic rings. The minimum Gasteiger partial charge on any atom is -0.355 e. The molecule has 1 aromatic carbocycles. The van der Waals surface area contributed by atoms with Crippen LogP contribution in [0.4, 0.5) is 0 Å². The van der Waals surface area contributed by atoms with Crippen LogP contribution >= 0.6 is 0 Å². The van der Waals surface area contributed by atoms with E-state index in [0.29, 0.717) is 6.04 Å². The van der Waals surface area contributed by atoms with Gasteiger partial charge in [-0.3, -0.25) is 4.79 Å². The van der Waals surface area contributed by atoms with Crippen LogP contribution in [0.5, 0.6) is 0 Å². The van der Waals surface area contributed by atoms with Gasteiger partial charge in [0.15, 0.2) is 0 Å². The topological polar surface area (TPSA) is 41.1 Å². The molecule has 0 radical (unpaired) electrons. The van der Waals surface area contributed by atoms with Gasteiger partial charge in [0.1, 0.15) is 0 Å². The molecular formula is C16H22N2O. The monoisotopic (exact) mass is 258 g/mol. The molecule has 0 spiro atoms. The number of hydrogen-bond donors (Lipinski definition) is 2. The maximum Gasteiger partial charge on any atom is 0.230 e. The van der Waals surface area contributed by atoms with Crippen molar-refractivity contribution in [1.82, 2.24) is 10.6 Å². The highest BCUT2D eigenvalue weighted by molar-refractivity contribution is 5.91. The standard InChI is InChI=1S/C16H22N2O/c19-15(18-12-8-14-7-4-11-17-14)16(9-10-16)13-5-2-1-3-6-13/h1-3,5-6,14,17H,4,7-12H2,(H,18,19)/t14-/m0/s1. The van der Waals surface area contributed by atoms with Crippen molar-refractivity contribution in [2.45, 2.75) is 43.6 Å². The maximum atomic E-state index is 12.4. The maximum absolute atomic E-state index is 12.4. The molecule has 1 atom stereocenters. The van der Waals surface area contributed by atoms with E-state index < -0.39 is 0 Å². The predicted molar refractivity (Wildman–Crippen MR) is 76.0 cm³/mol. The van der Waals surface area contributed by atoms with Crippen LogP contribution in [0.15, 0.2) is 30.3 Å². The summed E-state index contributed by atoms with van der Waals surface area (Å²) in [5.74, 6) is 0.219. The summed E-state index contributed by atoms with van der Waals surface area (Å²) in [6, 6.07) is 10.8. The normalized spacial score (nSPS) is 24.1. The second-order valence-electron chi connectivity index (χ2n) is 5.79. The molecule has 3 nitrogen and oxygen atoms in total. The van der Waals surface area contributed by atoms with Crippen LogP contribution in [0, 0.1) is 0 Å². The van der Waals surface area contributed by atoms with Crippen molar-refractivity contribution in [2.24, 2.45) is 0 Å². The number of hydrogen-bond acceptors (Lipinski definition) is 2. The predicted octanol–water partition coefficient (Wildman–Crippen LogP) is 1.98. The van der Waals surface area contributed by atoms with Crippen LogP contribution in [0.1, 0.15) is 37.7 Å². The third kappa shape index (κ3) is 2.66. The fourth-order valence-electron chi connectivity index (χ4n) is 3.06. The van der Waals surface area contributed by atoms with E-state index in [-0.39, 0.29) is 11.3 Å². The van der Waals surface area contributed by atoms with E-state index in [1.807, 2.05) is 18.2 Å². The third-order valence-electron chi connectivity index (χ3n) is 4.45. The Hall–Kier alpha value is -1.35. The minimum absolute atomic E-state index is 0.218. The average molecular weight is 258 g/mol. The van der Waals surface area contributed by atoms with Gasteiger partial charge in [-0.1, -0.05) is 30.3 Å². The van der Waals surface area contributed by atoms with Gasteiger partial charge in [-0.25, -0.2) is 0 Å². The zero-order chi connectivity index (χ0) is 13.1. The van der Waals surface area contributed by atoms with Crippen molar-refractivity contribution in [1.29, 1.82) is 0 Å². The Morgan fingerprint density at radius 2 is 2.11 bits per heavy atom. The molecule has 1 aliphatic heterocycles. The highest BCUT2D eigenvalue weighted by Crippen LogP contribution is 2.48. The summed E-state index contributed by atoms with van der Waals surface area (Å²) in [4.78, 5) is 12.4. The summed E-state index contributed by atoms with van der Waals surface area (Å²) >= 11 is 0. The van der Waals surface area contributed by atoms with Gasteiger partial charge >= 0.3 is 0 Å². The average Bonchev–Trinajstić information content (AvgIpc) is 3.11. The summed E-state index contributed by atoms with van der Waals surface area (Å²) in [5.41, 5.74) is 0.955. The van der Waals surface area contributed by atoms with Crippen molar-refractivity contribution in [3.63, 3.8) is 0 Å². The lowest BCUT2D eigenvalue weighted by Crippen LogP contribution is -2.37. The van der Waals surface area contributed by atoms with Crippen molar-refractivity contribution < 1.29 is 4.79 Å². The number of rotatable bonds is 5. The third-order valence-corrected chi connectivity index (χ3v) is 4.45. The lowest BCUT2D eigenvalue weighted by atomic mass is 9.95. The highest BCUT2D eigenvalue weighted by atomic mass is 16.2. The molecule has 2 aliphatic rings. The Morgan fingerprint density at radius 3 is 2.74 bits per heavy atom. The Labute approximate surface area is 114 Å².